The van der Waals surface area contributed by atoms with Crippen LogP contribution < -0.4 is 10.5 Å². The molecule has 1 unspecified atom stereocenters. The Morgan fingerprint density at radius 1 is 1.14 bits per heavy atom. The van der Waals surface area contributed by atoms with Crippen LogP contribution in [0.5, 0.6) is 5.75 Å². The lowest BCUT2D eigenvalue weighted by atomic mass is 10.1. The SMILES string of the molecule is COc1ccc(C(CN)Sc2cc3ccccc3[nH]2)cc1. The van der Waals surface area contributed by atoms with Gasteiger partial charge in [-0.1, -0.05) is 42.1 Å². The van der Waals surface area contributed by atoms with Gasteiger partial charge in [0, 0.05) is 22.7 Å². The van der Waals surface area contributed by atoms with Crippen molar-refractivity contribution in [3.8, 4) is 5.75 Å². The fourth-order valence-corrected chi connectivity index (χ4v) is 3.39. The first-order valence-electron chi connectivity index (χ1n) is 6.88. The Hall–Kier alpha value is -1.91. The van der Waals surface area contributed by atoms with Crippen LogP contribution in [0.1, 0.15) is 10.8 Å². The van der Waals surface area contributed by atoms with E-state index >= 15 is 0 Å². The molecule has 0 aliphatic heterocycles. The number of methoxy groups -OCH3 is 1. The number of hydrogen-bond donors (Lipinski definition) is 2. The standard InChI is InChI=1S/C17H18N2OS/c1-20-14-8-6-12(7-9-14)16(11-18)21-17-10-13-4-2-3-5-15(13)19-17/h2-10,16,19H,11,18H2,1H3. The highest BCUT2D eigenvalue weighted by Gasteiger charge is 2.13. The summed E-state index contributed by atoms with van der Waals surface area (Å²) in [6.07, 6.45) is 0. The third-order valence-corrected chi connectivity index (χ3v) is 4.70. The third kappa shape index (κ3) is 3.06. The molecule has 0 saturated carbocycles. The van der Waals surface area contributed by atoms with E-state index in [1.165, 1.54) is 10.9 Å². The number of rotatable bonds is 5. The second kappa shape index (κ2) is 6.24. The topological polar surface area (TPSA) is 51.0 Å². The second-order valence-corrected chi connectivity index (χ2v) is 6.08. The number of para-hydroxylation sites is 1. The lowest BCUT2D eigenvalue weighted by Crippen LogP contribution is -2.09. The predicted molar refractivity (Wildman–Crippen MR) is 88.9 cm³/mol. The largest absolute Gasteiger partial charge is 0.497 e. The third-order valence-electron chi connectivity index (χ3n) is 3.48. The van der Waals surface area contributed by atoms with Crippen molar-refractivity contribution in [3.63, 3.8) is 0 Å². The van der Waals surface area contributed by atoms with Gasteiger partial charge in [-0.05, 0) is 29.8 Å². The maximum atomic E-state index is 5.95. The van der Waals surface area contributed by atoms with E-state index in [4.69, 9.17) is 10.5 Å². The summed E-state index contributed by atoms with van der Waals surface area (Å²) in [6.45, 7) is 0.590. The van der Waals surface area contributed by atoms with E-state index in [2.05, 4.69) is 41.4 Å². The van der Waals surface area contributed by atoms with Crippen LogP contribution in [-0.4, -0.2) is 18.6 Å². The first kappa shape index (κ1) is 14.0. The summed E-state index contributed by atoms with van der Waals surface area (Å²) in [5.74, 6) is 0.866. The Balaban J connectivity index is 1.82. The molecule has 0 bridgehead atoms. The highest BCUT2D eigenvalue weighted by atomic mass is 32.2. The average Bonchev–Trinajstić information content (AvgIpc) is 2.95. The summed E-state index contributed by atoms with van der Waals surface area (Å²) in [4.78, 5) is 3.44. The van der Waals surface area contributed by atoms with E-state index < -0.39 is 0 Å². The molecule has 1 aromatic heterocycles. The Morgan fingerprint density at radius 2 is 1.90 bits per heavy atom. The van der Waals surface area contributed by atoms with Gasteiger partial charge in [0.05, 0.1) is 12.1 Å². The fourth-order valence-electron chi connectivity index (χ4n) is 2.33. The Labute approximate surface area is 128 Å². The minimum Gasteiger partial charge on any atom is -0.497 e. The van der Waals surface area contributed by atoms with Crippen molar-refractivity contribution in [2.24, 2.45) is 5.73 Å². The van der Waals surface area contributed by atoms with Crippen molar-refractivity contribution >= 4 is 22.7 Å². The highest BCUT2D eigenvalue weighted by Crippen LogP contribution is 2.35. The van der Waals surface area contributed by atoms with Gasteiger partial charge in [-0.2, -0.15) is 0 Å². The number of aromatic amines is 1. The smallest absolute Gasteiger partial charge is 0.118 e. The molecule has 0 radical (unpaired) electrons. The van der Waals surface area contributed by atoms with E-state index in [0.29, 0.717) is 6.54 Å². The van der Waals surface area contributed by atoms with Crippen molar-refractivity contribution < 1.29 is 4.74 Å². The zero-order chi connectivity index (χ0) is 14.7. The number of benzene rings is 2. The molecule has 0 aliphatic rings. The molecule has 4 heteroatoms. The molecule has 0 aliphatic carbocycles. The minimum atomic E-state index is 0.226. The monoisotopic (exact) mass is 298 g/mol. The first-order valence-corrected chi connectivity index (χ1v) is 7.76. The molecule has 1 heterocycles. The normalized spacial score (nSPS) is 12.5. The van der Waals surface area contributed by atoms with Gasteiger partial charge < -0.3 is 15.5 Å². The minimum absolute atomic E-state index is 0.226. The van der Waals surface area contributed by atoms with Gasteiger partial charge in [-0.15, -0.1) is 0 Å². The number of hydrogen-bond acceptors (Lipinski definition) is 3. The van der Waals surface area contributed by atoms with Crippen LogP contribution in [0.2, 0.25) is 0 Å². The van der Waals surface area contributed by atoms with Gasteiger partial charge >= 0.3 is 0 Å². The molecule has 3 nitrogen and oxygen atoms in total. The molecular weight excluding hydrogens is 280 g/mol. The summed E-state index contributed by atoms with van der Waals surface area (Å²) in [5.41, 5.74) is 8.32. The van der Waals surface area contributed by atoms with Crippen LogP contribution in [0.15, 0.2) is 59.6 Å². The van der Waals surface area contributed by atoms with Gasteiger partial charge in [0.15, 0.2) is 0 Å². The molecule has 0 amide bonds. The molecule has 0 saturated heterocycles. The van der Waals surface area contributed by atoms with Crippen molar-refractivity contribution in [3.05, 3.63) is 60.2 Å². The van der Waals surface area contributed by atoms with E-state index in [-0.39, 0.29) is 5.25 Å². The van der Waals surface area contributed by atoms with Crippen LogP contribution in [0.25, 0.3) is 10.9 Å². The zero-order valence-electron chi connectivity index (χ0n) is 11.9. The van der Waals surface area contributed by atoms with Crippen molar-refractivity contribution in [1.29, 1.82) is 0 Å². The molecule has 108 valence electrons. The molecule has 2 aromatic carbocycles. The fraction of sp³-hybridized carbons (Fsp3) is 0.176. The molecule has 21 heavy (non-hydrogen) atoms. The number of ether oxygens (including phenoxy) is 1. The second-order valence-electron chi connectivity index (χ2n) is 4.84. The van der Waals surface area contributed by atoms with Crippen LogP contribution in [0.4, 0.5) is 0 Å². The first-order chi connectivity index (χ1) is 10.3. The number of fused-ring (bicyclic) bond motifs is 1. The van der Waals surface area contributed by atoms with Gasteiger partial charge in [0.25, 0.3) is 0 Å². The summed E-state index contributed by atoms with van der Waals surface area (Å²) < 4.78 is 5.20. The average molecular weight is 298 g/mol. The van der Waals surface area contributed by atoms with Gasteiger partial charge in [0.1, 0.15) is 5.75 Å². The van der Waals surface area contributed by atoms with Crippen LogP contribution >= 0.6 is 11.8 Å². The molecule has 0 spiro atoms. The summed E-state index contributed by atoms with van der Waals surface area (Å²) in [5, 5.41) is 2.59. The van der Waals surface area contributed by atoms with Gasteiger partial charge in [-0.25, -0.2) is 0 Å². The Morgan fingerprint density at radius 3 is 2.57 bits per heavy atom. The Bertz CT molecular complexity index is 688. The molecule has 1 atom stereocenters. The van der Waals surface area contributed by atoms with Gasteiger partial charge in [0.2, 0.25) is 0 Å². The summed E-state index contributed by atoms with van der Waals surface area (Å²) >= 11 is 1.76. The lowest BCUT2D eigenvalue weighted by molar-refractivity contribution is 0.414. The predicted octanol–water partition coefficient (Wildman–Crippen LogP) is 3.97. The van der Waals surface area contributed by atoms with Gasteiger partial charge in [-0.3, -0.25) is 0 Å². The van der Waals surface area contributed by atoms with E-state index in [1.54, 1.807) is 18.9 Å². The van der Waals surface area contributed by atoms with Crippen LogP contribution in [-0.2, 0) is 0 Å². The summed E-state index contributed by atoms with van der Waals surface area (Å²) in [6, 6.07) is 18.6. The lowest BCUT2D eigenvalue weighted by Gasteiger charge is -2.14. The molecule has 3 aromatic rings. The number of aromatic nitrogens is 1. The van der Waals surface area contributed by atoms with Crippen molar-refractivity contribution in [1.82, 2.24) is 4.98 Å². The quantitative estimate of drug-likeness (QED) is 0.701. The molecular formula is C17H18N2OS. The van der Waals surface area contributed by atoms with Crippen LogP contribution in [0.3, 0.4) is 0 Å². The molecule has 3 N–H and O–H groups in total. The molecule has 0 fully saturated rings. The van der Waals surface area contributed by atoms with E-state index in [9.17, 15) is 0 Å². The van der Waals surface area contributed by atoms with E-state index in [0.717, 1.165) is 16.3 Å². The molecule has 3 rings (SSSR count). The van der Waals surface area contributed by atoms with E-state index in [1.807, 2.05) is 18.2 Å². The number of nitrogens with two attached hydrogens (primary N) is 1. The van der Waals surface area contributed by atoms with Crippen molar-refractivity contribution in [2.75, 3.05) is 13.7 Å². The number of H-pyrrole nitrogens is 1. The zero-order valence-corrected chi connectivity index (χ0v) is 12.7. The van der Waals surface area contributed by atoms with Crippen LogP contribution in [0, 0.1) is 0 Å². The summed E-state index contributed by atoms with van der Waals surface area (Å²) in [7, 11) is 1.68. The maximum Gasteiger partial charge on any atom is 0.118 e. The maximum absolute atomic E-state index is 5.95. The number of nitrogens with one attached hydrogen (secondary N) is 1. The highest BCUT2D eigenvalue weighted by molar-refractivity contribution is 7.99. The number of thioether (sulfide) groups is 1. The Kier molecular flexibility index (Phi) is 4.18. The van der Waals surface area contributed by atoms with Crippen molar-refractivity contribution in [2.45, 2.75) is 10.3 Å².